The molecule has 0 unspecified atom stereocenters. The highest BCUT2D eigenvalue weighted by atomic mass is 19.4. The Morgan fingerprint density at radius 1 is 1.16 bits per heavy atom. The van der Waals surface area contributed by atoms with Gasteiger partial charge in [0.15, 0.2) is 0 Å². The number of aryl methyl sites for hydroxylation is 1. The highest BCUT2D eigenvalue weighted by Gasteiger charge is 2.43. The van der Waals surface area contributed by atoms with Gasteiger partial charge in [-0.1, -0.05) is 6.07 Å². The Bertz CT molecular complexity index is 1370. The molecule has 2 atom stereocenters. The van der Waals surface area contributed by atoms with Crippen LogP contribution in [0.5, 0.6) is 0 Å². The molecule has 0 radical (unpaired) electrons. The van der Waals surface area contributed by atoms with Crippen LogP contribution < -0.4 is 10.2 Å². The fourth-order valence-electron chi connectivity index (χ4n) is 5.30. The van der Waals surface area contributed by atoms with E-state index >= 15 is 0 Å². The lowest BCUT2D eigenvalue weighted by molar-refractivity contribution is -0.141. The summed E-state index contributed by atoms with van der Waals surface area (Å²) < 4.78 is 44.8. The van der Waals surface area contributed by atoms with Gasteiger partial charge in [0.05, 0.1) is 36.2 Å². The van der Waals surface area contributed by atoms with Crippen LogP contribution in [-0.4, -0.2) is 52.4 Å². The highest BCUT2D eigenvalue weighted by molar-refractivity contribution is 6.04. The first-order valence-electron chi connectivity index (χ1n) is 12.4. The molecule has 200 valence electrons. The van der Waals surface area contributed by atoms with Crippen LogP contribution >= 0.6 is 0 Å². The van der Waals surface area contributed by atoms with Crippen molar-refractivity contribution in [2.24, 2.45) is 5.92 Å². The number of ether oxygens (including phenoxy) is 1. The van der Waals surface area contributed by atoms with E-state index in [2.05, 4.69) is 21.3 Å². The number of aliphatic hydroxyl groups is 1. The number of anilines is 2. The van der Waals surface area contributed by atoms with Crippen molar-refractivity contribution in [2.75, 3.05) is 30.0 Å². The van der Waals surface area contributed by atoms with Gasteiger partial charge in [-0.2, -0.15) is 13.2 Å². The Balaban J connectivity index is 1.44. The zero-order valence-electron chi connectivity index (χ0n) is 21.3. The molecule has 0 bridgehead atoms. The molecule has 5 rings (SSSR count). The molecule has 0 spiro atoms. The number of pyridine rings is 2. The summed E-state index contributed by atoms with van der Waals surface area (Å²) in [5.74, 6) is -0.690. The molecule has 0 aliphatic carbocycles. The Kier molecular flexibility index (Phi) is 6.65. The van der Waals surface area contributed by atoms with Crippen molar-refractivity contribution >= 4 is 17.3 Å². The van der Waals surface area contributed by atoms with Gasteiger partial charge in [-0.25, -0.2) is 0 Å². The number of carbonyl (C=O) groups excluding carboxylic acids is 1. The second kappa shape index (κ2) is 9.67. The third kappa shape index (κ3) is 5.10. The van der Waals surface area contributed by atoms with Crippen molar-refractivity contribution in [2.45, 2.75) is 45.0 Å². The number of carbonyl (C=O) groups is 1. The van der Waals surface area contributed by atoms with Crippen LogP contribution in [0.3, 0.4) is 0 Å². The van der Waals surface area contributed by atoms with Gasteiger partial charge in [0, 0.05) is 41.7 Å². The molecule has 3 aromatic rings. The van der Waals surface area contributed by atoms with Crippen LogP contribution in [0, 0.1) is 12.8 Å². The fraction of sp³-hybridized carbons (Fsp3) is 0.393. The second-order valence-electron chi connectivity index (χ2n) is 10.4. The van der Waals surface area contributed by atoms with E-state index in [0.717, 1.165) is 40.3 Å². The van der Waals surface area contributed by atoms with Gasteiger partial charge >= 0.3 is 6.18 Å². The average molecular weight is 527 g/mol. The quantitative estimate of drug-likeness (QED) is 0.505. The van der Waals surface area contributed by atoms with E-state index in [-0.39, 0.29) is 17.5 Å². The Labute approximate surface area is 218 Å². The van der Waals surface area contributed by atoms with E-state index in [4.69, 9.17) is 9.72 Å². The smallest absolute Gasteiger partial charge is 0.390 e. The van der Waals surface area contributed by atoms with Crippen molar-refractivity contribution in [1.29, 1.82) is 0 Å². The van der Waals surface area contributed by atoms with Crippen molar-refractivity contribution < 1.29 is 27.8 Å². The number of hydrogen-bond acceptors (Lipinski definition) is 6. The molecule has 2 N–H and O–H groups in total. The number of alkyl halides is 3. The van der Waals surface area contributed by atoms with Crippen LogP contribution in [0.1, 0.15) is 41.2 Å². The van der Waals surface area contributed by atoms with Crippen LogP contribution in [0.2, 0.25) is 0 Å². The van der Waals surface area contributed by atoms with Gasteiger partial charge in [0.25, 0.3) is 5.91 Å². The summed E-state index contributed by atoms with van der Waals surface area (Å²) in [6.45, 7) is 7.40. The Morgan fingerprint density at radius 3 is 2.68 bits per heavy atom. The van der Waals surface area contributed by atoms with Crippen LogP contribution in [0.4, 0.5) is 24.5 Å². The van der Waals surface area contributed by atoms with Crippen molar-refractivity contribution in [3.63, 3.8) is 0 Å². The van der Waals surface area contributed by atoms with Gasteiger partial charge < -0.3 is 20.1 Å². The molecule has 38 heavy (non-hydrogen) atoms. The van der Waals surface area contributed by atoms with Crippen LogP contribution in [0.15, 0.2) is 48.8 Å². The lowest BCUT2D eigenvalue weighted by Crippen LogP contribution is -2.58. The van der Waals surface area contributed by atoms with E-state index in [1.807, 2.05) is 26.8 Å². The number of fused-ring (bicyclic) bond motifs is 3. The normalized spacial score (nSPS) is 19.5. The van der Waals surface area contributed by atoms with Crippen LogP contribution in [0.25, 0.3) is 11.1 Å². The van der Waals surface area contributed by atoms with Gasteiger partial charge in [-0.3, -0.25) is 14.8 Å². The number of amides is 1. The molecular formula is C28H29F3N4O3. The molecule has 2 aliphatic rings. The summed E-state index contributed by atoms with van der Waals surface area (Å²) in [6.07, 6.45) is -1.25. The van der Waals surface area contributed by atoms with Crippen molar-refractivity contribution in [1.82, 2.24) is 9.97 Å². The Hall–Kier alpha value is -3.50. The SMILES string of the molecule is Cc1ccc(NC(=O)c2ccnc(C(F)(F)F)c2)cc1-c1cnc2c(c1)N1CCOC[C@@H]1[C@@H](C(C)(C)O)C2. The summed E-state index contributed by atoms with van der Waals surface area (Å²) in [4.78, 5) is 23.1. The third-order valence-electron chi connectivity index (χ3n) is 7.33. The number of halogens is 3. The molecule has 2 aliphatic heterocycles. The minimum Gasteiger partial charge on any atom is -0.390 e. The van der Waals surface area contributed by atoms with E-state index in [9.17, 15) is 23.1 Å². The summed E-state index contributed by atoms with van der Waals surface area (Å²) in [5, 5.41) is 13.5. The number of rotatable bonds is 4. The maximum atomic E-state index is 13.0. The molecule has 4 heterocycles. The summed E-state index contributed by atoms with van der Waals surface area (Å²) >= 11 is 0. The monoisotopic (exact) mass is 526 g/mol. The van der Waals surface area contributed by atoms with Gasteiger partial charge in [0.1, 0.15) is 5.69 Å². The molecule has 1 aromatic carbocycles. The maximum absolute atomic E-state index is 13.0. The zero-order valence-corrected chi connectivity index (χ0v) is 21.3. The first-order valence-corrected chi connectivity index (χ1v) is 12.4. The second-order valence-corrected chi connectivity index (χ2v) is 10.4. The van der Waals surface area contributed by atoms with Crippen molar-refractivity contribution in [3.8, 4) is 11.1 Å². The Morgan fingerprint density at radius 2 is 1.95 bits per heavy atom. The zero-order chi connectivity index (χ0) is 27.2. The number of nitrogens with one attached hydrogen (secondary N) is 1. The minimum absolute atomic E-state index is 0.0278. The number of morpholine rings is 1. The standard InChI is InChI=1S/C28H29F3N4O3/c1-16-4-5-19(34-26(36)17-6-7-32-25(11-17)28(29,30)31)12-20(16)18-10-23-22(33-14-18)13-21(27(2,3)37)24-15-38-9-8-35(23)24/h4-7,10-12,14,21,24,37H,8-9,13,15H2,1-3H3,(H,34,36)/t21-,24+/m0/s1. The van der Waals surface area contributed by atoms with Gasteiger partial charge in [0.2, 0.25) is 0 Å². The molecule has 7 nitrogen and oxygen atoms in total. The van der Waals surface area contributed by atoms with Gasteiger partial charge in [-0.15, -0.1) is 0 Å². The number of benzene rings is 1. The van der Waals surface area contributed by atoms with E-state index in [1.54, 1.807) is 18.3 Å². The summed E-state index contributed by atoms with van der Waals surface area (Å²) in [6, 6.07) is 9.43. The predicted octanol–water partition coefficient (Wildman–Crippen LogP) is 4.87. The molecule has 10 heteroatoms. The van der Waals surface area contributed by atoms with Gasteiger partial charge in [-0.05, 0) is 68.7 Å². The maximum Gasteiger partial charge on any atom is 0.433 e. The number of aromatic nitrogens is 2. The van der Waals surface area contributed by atoms with E-state index in [0.29, 0.717) is 31.9 Å². The van der Waals surface area contributed by atoms with E-state index < -0.39 is 23.4 Å². The van der Waals surface area contributed by atoms with Crippen LogP contribution in [-0.2, 0) is 17.3 Å². The topological polar surface area (TPSA) is 87.6 Å². The molecule has 1 saturated heterocycles. The molecule has 1 fully saturated rings. The predicted molar refractivity (Wildman–Crippen MR) is 137 cm³/mol. The average Bonchev–Trinajstić information content (AvgIpc) is 2.88. The largest absolute Gasteiger partial charge is 0.433 e. The minimum atomic E-state index is -4.64. The lowest BCUT2D eigenvalue weighted by atomic mass is 9.77. The fourth-order valence-corrected chi connectivity index (χ4v) is 5.30. The molecule has 2 aromatic heterocycles. The first kappa shape index (κ1) is 26.1. The third-order valence-corrected chi connectivity index (χ3v) is 7.33. The molecule has 0 saturated carbocycles. The lowest BCUT2D eigenvalue weighted by Gasteiger charge is -2.49. The number of hydrogen-bond donors (Lipinski definition) is 2. The summed E-state index contributed by atoms with van der Waals surface area (Å²) in [5.41, 5.74) is 2.88. The summed E-state index contributed by atoms with van der Waals surface area (Å²) in [7, 11) is 0. The molecular weight excluding hydrogens is 497 g/mol. The highest BCUT2D eigenvalue weighted by Crippen LogP contribution is 2.41. The number of nitrogens with zero attached hydrogens (tertiary/aromatic N) is 3. The van der Waals surface area contributed by atoms with Crippen molar-refractivity contribution in [3.05, 3.63) is 71.3 Å². The first-order chi connectivity index (χ1) is 17.9. The molecule has 1 amide bonds. The van der Waals surface area contributed by atoms with E-state index in [1.165, 1.54) is 6.07 Å².